The molecule has 1 saturated carbocycles. The Balaban J connectivity index is 2.16. The van der Waals surface area contributed by atoms with Gasteiger partial charge in [-0.2, -0.15) is 0 Å². The minimum Gasteiger partial charge on any atom is -0.480 e. The van der Waals surface area contributed by atoms with Crippen molar-refractivity contribution >= 4 is 21.7 Å². The molecule has 0 spiro atoms. The van der Waals surface area contributed by atoms with Crippen molar-refractivity contribution in [2.45, 2.75) is 68.1 Å². The lowest BCUT2D eigenvalue weighted by Crippen LogP contribution is -2.52. The van der Waals surface area contributed by atoms with Crippen molar-refractivity contribution in [3.05, 3.63) is 29.8 Å². The number of carbonyl (C=O) groups is 2. The van der Waals surface area contributed by atoms with Crippen molar-refractivity contribution in [2.24, 2.45) is 0 Å². The van der Waals surface area contributed by atoms with Crippen LogP contribution < -0.4 is 5.32 Å². The maximum atomic E-state index is 12.5. The summed E-state index contributed by atoms with van der Waals surface area (Å²) in [5.74, 6) is -1.62. The van der Waals surface area contributed by atoms with Gasteiger partial charge >= 0.3 is 5.97 Å². The van der Waals surface area contributed by atoms with E-state index >= 15 is 0 Å². The summed E-state index contributed by atoms with van der Waals surface area (Å²) in [5, 5.41) is 11.5. The normalized spacial score (nSPS) is 17.8. The van der Waals surface area contributed by atoms with Crippen molar-refractivity contribution in [2.75, 3.05) is 0 Å². The molecule has 1 aliphatic carbocycles. The second-order valence-electron chi connectivity index (χ2n) is 6.82. The summed E-state index contributed by atoms with van der Waals surface area (Å²) in [6.07, 6.45) is 4.13. The van der Waals surface area contributed by atoms with Gasteiger partial charge in [0.15, 0.2) is 9.84 Å². The van der Waals surface area contributed by atoms with Crippen LogP contribution in [0.1, 0.15) is 62.7 Å². The van der Waals surface area contributed by atoms with Gasteiger partial charge in [-0.05, 0) is 50.5 Å². The Morgan fingerprint density at radius 2 is 1.76 bits per heavy atom. The fourth-order valence-electron chi connectivity index (χ4n) is 3.23. The number of carboxylic acid groups (broad SMARTS) is 1. The summed E-state index contributed by atoms with van der Waals surface area (Å²) in [5.41, 5.74) is -1.10. The van der Waals surface area contributed by atoms with Crippen LogP contribution in [0, 0.1) is 0 Å². The van der Waals surface area contributed by atoms with E-state index in [0.717, 1.165) is 12.8 Å². The maximum absolute atomic E-state index is 12.5. The maximum Gasteiger partial charge on any atom is 0.329 e. The topological polar surface area (TPSA) is 101 Å². The zero-order chi connectivity index (χ0) is 18.7. The van der Waals surface area contributed by atoms with E-state index in [1.807, 2.05) is 6.92 Å². The lowest BCUT2D eigenvalue weighted by molar-refractivity contribution is -0.144. The van der Waals surface area contributed by atoms with Gasteiger partial charge in [0.25, 0.3) is 5.91 Å². The summed E-state index contributed by atoms with van der Waals surface area (Å²) in [7, 11) is -3.36. The Morgan fingerprint density at radius 1 is 1.20 bits per heavy atom. The minimum atomic E-state index is -3.36. The van der Waals surface area contributed by atoms with Crippen LogP contribution in [0.5, 0.6) is 0 Å². The molecule has 0 aliphatic heterocycles. The average molecular weight is 367 g/mol. The van der Waals surface area contributed by atoms with Crippen molar-refractivity contribution < 1.29 is 23.1 Å². The molecule has 6 nitrogen and oxygen atoms in total. The fourth-order valence-corrected chi connectivity index (χ4v) is 5.09. The van der Waals surface area contributed by atoms with E-state index < -0.39 is 27.3 Å². The standard InChI is InChI=1S/C18H25NO5S/c1-3-12-18(2,17(21)22)19-16(20)13-8-10-15(11-9-13)25(23,24)14-6-4-5-7-14/h8-11,14H,3-7,12H2,1-2H3,(H,19,20)(H,21,22). The van der Waals surface area contributed by atoms with Gasteiger partial charge in [-0.3, -0.25) is 4.79 Å². The van der Waals surface area contributed by atoms with Crippen molar-refractivity contribution in [1.29, 1.82) is 0 Å². The molecule has 1 aromatic rings. The van der Waals surface area contributed by atoms with Gasteiger partial charge in [-0.15, -0.1) is 0 Å². The molecular formula is C18H25NO5S. The highest BCUT2D eigenvalue weighted by Crippen LogP contribution is 2.29. The first-order chi connectivity index (χ1) is 11.7. The van der Waals surface area contributed by atoms with Gasteiger partial charge in [0, 0.05) is 5.56 Å². The van der Waals surface area contributed by atoms with Crippen LogP contribution in [0.4, 0.5) is 0 Å². The van der Waals surface area contributed by atoms with Gasteiger partial charge in [0.1, 0.15) is 5.54 Å². The predicted molar refractivity (Wildman–Crippen MR) is 94.3 cm³/mol. The van der Waals surface area contributed by atoms with Crippen LogP contribution in [-0.4, -0.2) is 36.2 Å². The molecule has 1 atom stereocenters. The van der Waals surface area contributed by atoms with E-state index in [0.29, 0.717) is 25.7 Å². The molecule has 0 radical (unpaired) electrons. The lowest BCUT2D eigenvalue weighted by atomic mass is 9.96. The Kier molecular flexibility index (Phi) is 5.87. The van der Waals surface area contributed by atoms with Crippen LogP contribution in [0.3, 0.4) is 0 Å². The molecule has 138 valence electrons. The highest BCUT2D eigenvalue weighted by Gasteiger charge is 2.34. The second kappa shape index (κ2) is 7.56. The largest absolute Gasteiger partial charge is 0.480 e. The highest BCUT2D eigenvalue weighted by atomic mass is 32.2. The number of hydrogen-bond acceptors (Lipinski definition) is 4. The highest BCUT2D eigenvalue weighted by molar-refractivity contribution is 7.92. The Labute approximate surface area is 148 Å². The van der Waals surface area contributed by atoms with Crippen LogP contribution in [0.25, 0.3) is 0 Å². The first-order valence-electron chi connectivity index (χ1n) is 8.60. The SMILES string of the molecule is CCCC(C)(NC(=O)c1ccc(S(=O)(=O)C2CCCC2)cc1)C(=O)O. The first kappa shape index (κ1) is 19.4. The molecule has 1 fully saturated rings. The molecule has 25 heavy (non-hydrogen) atoms. The number of hydrogen-bond donors (Lipinski definition) is 2. The number of sulfone groups is 1. The first-order valence-corrected chi connectivity index (χ1v) is 10.1. The molecule has 2 N–H and O–H groups in total. The third-order valence-corrected chi connectivity index (χ3v) is 7.08. The fraction of sp³-hybridized carbons (Fsp3) is 0.556. The molecule has 0 saturated heterocycles. The quantitative estimate of drug-likeness (QED) is 0.772. The number of benzene rings is 1. The van der Waals surface area contributed by atoms with Crippen LogP contribution in [-0.2, 0) is 14.6 Å². The zero-order valence-electron chi connectivity index (χ0n) is 14.6. The molecule has 7 heteroatoms. The van der Waals surface area contributed by atoms with E-state index in [4.69, 9.17) is 0 Å². The summed E-state index contributed by atoms with van der Waals surface area (Å²) >= 11 is 0. The smallest absolute Gasteiger partial charge is 0.329 e. The molecule has 1 aliphatic rings. The van der Waals surface area contributed by atoms with Crippen LogP contribution in [0.15, 0.2) is 29.2 Å². The number of carboxylic acids is 1. The number of carbonyl (C=O) groups excluding carboxylic acids is 1. The number of amides is 1. The van der Waals surface area contributed by atoms with Crippen LogP contribution >= 0.6 is 0 Å². The third kappa shape index (κ3) is 4.21. The van der Waals surface area contributed by atoms with E-state index in [-0.39, 0.29) is 15.7 Å². The molecule has 0 heterocycles. The molecule has 1 unspecified atom stereocenters. The molecule has 0 bridgehead atoms. The summed E-state index contributed by atoms with van der Waals surface area (Å²) in [6, 6.07) is 5.73. The molecule has 0 aromatic heterocycles. The number of rotatable bonds is 7. The predicted octanol–water partition coefficient (Wildman–Crippen LogP) is 2.78. The lowest BCUT2D eigenvalue weighted by Gasteiger charge is -2.25. The van der Waals surface area contributed by atoms with E-state index in [1.54, 1.807) is 0 Å². The van der Waals surface area contributed by atoms with Gasteiger partial charge in [-0.25, -0.2) is 13.2 Å². The van der Waals surface area contributed by atoms with Gasteiger partial charge in [0.2, 0.25) is 0 Å². The average Bonchev–Trinajstić information content (AvgIpc) is 3.10. The third-order valence-electron chi connectivity index (χ3n) is 4.80. The van der Waals surface area contributed by atoms with Crippen molar-refractivity contribution in [3.63, 3.8) is 0 Å². The summed E-state index contributed by atoms with van der Waals surface area (Å²) in [6.45, 7) is 3.31. The second-order valence-corrected chi connectivity index (χ2v) is 9.05. The minimum absolute atomic E-state index is 0.213. The van der Waals surface area contributed by atoms with Crippen molar-refractivity contribution in [3.8, 4) is 0 Å². The monoisotopic (exact) mass is 367 g/mol. The summed E-state index contributed by atoms with van der Waals surface area (Å²) in [4.78, 5) is 24.0. The van der Waals surface area contributed by atoms with E-state index in [2.05, 4.69) is 5.32 Å². The van der Waals surface area contributed by atoms with Gasteiger partial charge < -0.3 is 10.4 Å². The molecule has 2 rings (SSSR count). The Morgan fingerprint density at radius 3 is 2.24 bits per heavy atom. The van der Waals surface area contributed by atoms with Gasteiger partial charge in [-0.1, -0.05) is 26.2 Å². The van der Waals surface area contributed by atoms with E-state index in [9.17, 15) is 23.1 Å². The van der Waals surface area contributed by atoms with E-state index in [1.165, 1.54) is 31.2 Å². The molecule has 1 aromatic carbocycles. The molecular weight excluding hydrogens is 342 g/mol. The zero-order valence-corrected chi connectivity index (χ0v) is 15.4. The Bertz CT molecular complexity index is 735. The number of aliphatic carboxylic acids is 1. The Hall–Kier alpha value is -1.89. The summed E-state index contributed by atoms with van der Waals surface area (Å²) < 4.78 is 25.1. The molecule has 1 amide bonds. The number of nitrogens with one attached hydrogen (secondary N) is 1. The van der Waals surface area contributed by atoms with Gasteiger partial charge in [0.05, 0.1) is 10.1 Å². The van der Waals surface area contributed by atoms with Crippen LogP contribution in [0.2, 0.25) is 0 Å². The van der Waals surface area contributed by atoms with Crippen molar-refractivity contribution in [1.82, 2.24) is 5.32 Å².